The van der Waals surface area contributed by atoms with E-state index in [0.717, 1.165) is 24.5 Å². The minimum Gasteiger partial charge on any atom is -0.450 e. The molecular weight excluding hydrogens is 276 g/mol. The maximum Gasteiger partial charge on any atom is 0.409 e. The molecule has 1 aliphatic heterocycles. The molecule has 2 heterocycles. The number of hydrogen-bond donors (Lipinski definition) is 2. The second-order valence-electron chi connectivity index (χ2n) is 4.82. The lowest BCUT2D eigenvalue weighted by Gasteiger charge is -2.32. The molecular formula is C13H20N4O2S. The van der Waals surface area contributed by atoms with Crippen molar-refractivity contribution in [3.63, 3.8) is 0 Å². The smallest absolute Gasteiger partial charge is 0.409 e. The zero-order valence-corrected chi connectivity index (χ0v) is 12.6. The number of amides is 1. The van der Waals surface area contributed by atoms with Crippen LogP contribution in [0.1, 0.15) is 25.6 Å². The van der Waals surface area contributed by atoms with E-state index in [4.69, 9.17) is 17.0 Å². The molecule has 2 rings (SSSR count). The molecule has 1 aromatic heterocycles. The number of anilines is 1. The number of rotatable bonds is 3. The normalized spacial score (nSPS) is 16.0. The van der Waals surface area contributed by atoms with E-state index in [1.165, 1.54) is 0 Å². The quantitative estimate of drug-likeness (QED) is 0.839. The van der Waals surface area contributed by atoms with Gasteiger partial charge >= 0.3 is 6.09 Å². The summed E-state index contributed by atoms with van der Waals surface area (Å²) in [5, 5.41) is 3.41. The molecule has 6 nitrogen and oxygen atoms in total. The van der Waals surface area contributed by atoms with Crippen LogP contribution in [-0.2, 0) is 4.74 Å². The summed E-state index contributed by atoms with van der Waals surface area (Å²) in [5.41, 5.74) is 0. The molecule has 1 fully saturated rings. The highest BCUT2D eigenvalue weighted by Crippen LogP contribution is 2.16. The van der Waals surface area contributed by atoms with Crippen molar-refractivity contribution in [1.82, 2.24) is 14.9 Å². The number of nitrogens with one attached hydrogen (secondary N) is 2. The van der Waals surface area contributed by atoms with Crippen LogP contribution in [0.25, 0.3) is 0 Å². The lowest BCUT2D eigenvalue weighted by atomic mass is 10.1. The summed E-state index contributed by atoms with van der Waals surface area (Å²) in [7, 11) is 0. The van der Waals surface area contributed by atoms with Gasteiger partial charge in [0.1, 0.15) is 16.3 Å². The number of piperidine rings is 1. The van der Waals surface area contributed by atoms with Gasteiger partial charge in [0.2, 0.25) is 0 Å². The second kappa shape index (κ2) is 6.69. The monoisotopic (exact) mass is 296 g/mol. The van der Waals surface area contributed by atoms with Crippen LogP contribution >= 0.6 is 12.2 Å². The number of likely N-dealkylation sites (tertiary alicyclic amines) is 1. The lowest BCUT2D eigenvalue weighted by molar-refractivity contribution is 0.0983. The molecule has 0 aromatic carbocycles. The summed E-state index contributed by atoms with van der Waals surface area (Å²) >= 11 is 5.10. The Bertz CT molecular complexity index is 523. The Morgan fingerprint density at radius 1 is 1.60 bits per heavy atom. The highest BCUT2D eigenvalue weighted by Gasteiger charge is 2.23. The average molecular weight is 296 g/mol. The van der Waals surface area contributed by atoms with Gasteiger partial charge in [0.15, 0.2) is 0 Å². The van der Waals surface area contributed by atoms with E-state index in [-0.39, 0.29) is 6.09 Å². The molecule has 7 heteroatoms. The summed E-state index contributed by atoms with van der Waals surface area (Å²) in [4.78, 5) is 20.6. The number of aromatic amines is 1. The highest BCUT2D eigenvalue weighted by atomic mass is 32.1. The van der Waals surface area contributed by atoms with Crippen LogP contribution in [0.4, 0.5) is 10.6 Å². The van der Waals surface area contributed by atoms with Crippen LogP contribution < -0.4 is 5.32 Å². The number of aromatic nitrogens is 2. The van der Waals surface area contributed by atoms with Gasteiger partial charge in [-0.1, -0.05) is 12.2 Å². The first kappa shape index (κ1) is 14.8. The van der Waals surface area contributed by atoms with Crippen LogP contribution in [0.3, 0.4) is 0 Å². The minimum absolute atomic E-state index is 0.217. The Hall–Kier alpha value is -1.63. The van der Waals surface area contributed by atoms with Crippen LogP contribution in [0.2, 0.25) is 0 Å². The molecule has 1 aromatic rings. The largest absolute Gasteiger partial charge is 0.450 e. The number of hydrogen-bond acceptors (Lipinski definition) is 5. The average Bonchev–Trinajstić information content (AvgIpc) is 2.38. The van der Waals surface area contributed by atoms with Gasteiger partial charge in [-0.15, -0.1) is 0 Å². The lowest BCUT2D eigenvalue weighted by Crippen LogP contribution is -2.42. The third-order valence-corrected chi connectivity index (χ3v) is 3.45. The fraction of sp³-hybridized carbons (Fsp3) is 0.615. The molecule has 1 amide bonds. The number of aryl methyl sites for hydroxylation is 1. The van der Waals surface area contributed by atoms with Gasteiger partial charge in [0.05, 0.1) is 6.61 Å². The van der Waals surface area contributed by atoms with Gasteiger partial charge in [-0.25, -0.2) is 9.78 Å². The molecule has 1 saturated heterocycles. The molecule has 0 aliphatic carbocycles. The van der Waals surface area contributed by atoms with Gasteiger partial charge in [0.25, 0.3) is 0 Å². The van der Waals surface area contributed by atoms with Crippen molar-refractivity contribution >= 4 is 24.1 Å². The molecule has 0 atom stereocenters. The van der Waals surface area contributed by atoms with Gasteiger partial charge < -0.3 is 19.9 Å². The van der Waals surface area contributed by atoms with Crippen molar-refractivity contribution in [3.8, 4) is 0 Å². The van der Waals surface area contributed by atoms with Crippen LogP contribution in [0.5, 0.6) is 0 Å². The van der Waals surface area contributed by atoms with Crippen molar-refractivity contribution in [3.05, 3.63) is 16.5 Å². The first-order chi connectivity index (χ1) is 9.58. The molecule has 1 aliphatic rings. The molecule has 0 unspecified atom stereocenters. The minimum atomic E-state index is -0.217. The standard InChI is InChI=1S/C13H20N4O2S/c1-3-19-13(18)17-6-4-10(5-7-17)16-11-8-12(20)15-9(2)14-11/h8,10H,3-7H2,1-2H3,(H2,14,15,16,20). The molecule has 0 radical (unpaired) electrons. The second-order valence-corrected chi connectivity index (χ2v) is 5.24. The predicted octanol–water partition coefficient (Wildman–Crippen LogP) is 2.48. The predicted molar refractivity (Wildman–Crippen MR) is 79.4 cm³/mol. The third-order valence-electron chi connectivity index (χ3n) is 3.24. The van der Waals surface area contributed by atoms with Crippen molar-refractivity contribution < 1.29 is 9.53 Å². The Morgan fingerprint density at radius 3 is 2.90 bits per heavy atom. The van der Waals surface area contributed by atoms with Crippen molar-refractivity contribution in [2.45, 2.75) is 32.7 Å². The Labute approximate surface area is 123 Å². The summed E-state index contributed by atoms with van der Waals surface area (Å²) in [6.07, 6.45) is 1.56. The fourth-order valence-corrected chi connectivity index (χ4v) is 2.55. The number of ether oxygens (including phenoxy) is 1. The Kier molecular flexibility index (Phi) is 4.94. The SMILES string of the molecule is CCOC(=O)N1CCC(Nc2cc(=S)nc(C)[nH]2)CC1. The number of carbonyl (C=O) groups is 1. The van der Waals surface area contributed by atoms with E-state index in [1.807, 2.05) is 19.9 Å². The fourth-order valence-electron chi connectivity index (χ4n) is 2.30. The third kappa shape index (κ3) is 3.93. The Balaban J connectivity index is 1.88. The summed E-state index contributed by atoms with van der Waals surface area (Å²) in [6, 6.07) is 2.15. The molecule has 0 bridgehead atoms. The zero-order valence-electron chi connectivity index (χ0n) is 11.8. The van der Waals surface area contributed by atoms with Gasteiger partial charge in [0, 0.05) is 25.2 Å². The Morgan fingerprint density at radius 2 is 2.30 bits per heavy atom. The molecule has 20 heavy (non-hydrogen) atoms. The highest BCUT2D eigenvalue weighted by molar-refractivity contribution is 7.71. The van der Waals surface area contributed by atoms with E-state index in [2.05, 4.69) is 15.3 Å². The van der Waals surface area contributed by atoms with E-state index in [1.54, 1.807) is 4.90 Å². The molecule has 0 saturated carbocycles. The van der Waals surface area contributed by atoms with Crippen LogP contribution in [-0.4, -0.2) is 46.7 Å². The maximum atomic E-state index is 11.6. The number of nitrogens with zero attached hydrogens (tertiary/aromatic N) is 2. The summed E-state index contributed by atoms with van der Waals surface area (Å²) in [6.45, 7) is 5.54. The van der Waals surface area contributed by atoms with Crippen molar-refractivity contribution in [1.29, 1.82) is 0 Å². The van der Waals surface area contributed by atoms with Crippen LogP contribution in [0, 0.1) is 11.6 Å². The molecule has 0 spiro atoms. The van der Waals surface area contributed by atoms with Gasteiger partial charge in [-0.05, 0) is 26.7 Å². The van der Waals surface area contributed by atoms with Crippen molar-refractivity contribution in [2.75, 3.05) is 25.0 Å². The molecule has 2 N–H and O–H groups in total. The first-order valence-electron chi connectivity index (χ1n) is 6.84. The van der Waals surface area contributed by atoms with E-state index >= 15 is 0 Å². The molecule has 110 valence electrons. The van der Waals surface area contributed by atoms with Gasteiger partial charge in [-0.2, -0.15) is 0 Å². The van der Waals surface area contributed by atoms with E-state index in [0.29, 0.717) is 30.4 Å². The number of carbonyl (C=O) groups excluding carboxylic acids is 1. The van der Waals surface area contributed by atoms with E-state index in [9.17, 15) is 4.79 Å². The summed E-state index contributed by atoms with van der Waals surface area (Å²) < 4.78 is 5.58. The van der Waals surface area contributed by atoms with Gasteiger partial charge in [-0.3, -0.25) is 0 Å². The summed E-state index contributed by atoms with van der Waals surface area (Å²) in [5.74, 6) is 1.68. The number of H-pyrrole nitrogens is 1. The maximum absolute atomic E-state index is 11.6. The topological polar surface area (TPSA) is 70.2 Å². The van der Waals surface area contributed by atoms with Crippen molar-refractivity contribution in [2.24, 2.45) is 0 Å². The van der Waals surface area contributed by atoms with E-state index < -0.39 is 0 Å². The first-order valence-corrected chi connectivity index (χ1v) is 7.25. The van der Waals surface area contributed by atoms with Crippen LogP contribution in [0.15, 0.2) is 6.07 Å². The zero-order chi connectivity index (χ0) is 14.5.